The summed E-state index contributed by atoms with van der Waals surface area (Å²) in [5.74, 6) is 0.942. The molecule has 1 fully saturated rings. The number of imidazole rings is 1. The molecular weight excluding hydrogens is 564 g/mol. The second kappa shape index (κ2) is 10.5. The molecule has 0 bridgehead atoms. The first-order valence-corrected chi connectivity index (χ1v) is 22.0. The van der Waals surface area contributed by atoms with Crippen molar-refractivity contribution in [3.63, 3.8) is 0 Å². The lowest BCUT2D eigenvalue weighted by Gasteiger charge is -2.20. The lowest BCUT2D eigenvalue weighted by atomic mass is 9.87. The third kappa shape index (κ3) is 6.60. The van der Waals surface area contributed by atoms with Gasteiger partial charge >= 0.3 is 6.18 Å². The number of alkyl halides is 3. The van der Waals surface area contributed by atoms with Crippen molar-refractivity contribution < 1.29 is 22.6 Å². The highest BCUT2D eigenvalue weighted by atomic mass is 28.3. The second-order valence-corrected chi connectivity index (χ2v) is 25.9. The van der Waals surface area contributed by atoms with Crippen LogP contribution in [0, 0.1) is 11.3 Å². The zero-order valence-corrected chi connectivity index (χ0v) is 27.4. The summed E-state index contributed by atoms with van der Waals surface area (Å²) < 4.78 is 58.3. The van der Waals surface area contributed by atoms with Gasteiger partial charge in [0.2, 0.25) is 0 Å². The molecule has 2 aliphatic carbocycles. The van der Waals surface area contributed by atoms with E-state index in [2.05, 4.69) is 51.2 Å². The quantitative estimate of drug-likeness (QED) is 0.141. The monoisotopic (exact) mass is 607 g/mol. The maximum absolute atomic E-state index is 14.1. The van der Waals surface area contributed by atoms with Crippen LogP contribution in [0.3, 0.4) is 0 Å². The number of anilines is 1. The van der Waals surface area contributed by atoms with Crippen LogP contribution in [0.15, 0.2) is 12.1 Å². The smallest absolute Gasteiger partial charge is 0.399 e. The Kier molecular flexibility index (Phi) is 7.78. The van der Waals surface area contributed by atoms with Crippen molar-refractivity contribution in [2.75, 3.05) is 18.9 Å². The van der Waals surface area contributed by atoms with E-state index < -0.39 is 27.9 Å². The van der Waals surface area contributed by atoms with Gasteiger partial charge in [-0.2, -0.15) is 18.3 Å². The molecule has 2 N–H and O–H groups in total. The Morgan fingerprint density at radius 3 is 2.27 bits per heavy atom. The Morgan fingerprint density at radius 1 is 1.02 bits per heavy atom. The fourth-order valence-corrected chi connectivity index (χ4v) is 7.25. The van der Waals surface area contributed by atoms with Gasteiger partial charge < -0.3 is 15.2 Å². The van der Waals surface area contributed by atoms with E-state index in [1.807, 2.05) is 4.68 Å². The lowest BCUT2D eigenvalue weighted by molar-refractivity contribution is -0.136. The molecule has 41 heavy (non-hydrogen) atoms. The number of nitrogen functional groups attached to an aromatic ring is 1. The van der Waals surface area contributed by atoms with Gasteiger partial charge in [0.15, 0.2) is 5.82 Å². The number of aromatic nitrogens is 4. The van der Waals surface area contributed by atoms with E-state index in [0.717, 1.165) is 48.7 Å². The van der Waals surface area contributed by atoms with Crippen LogP contribution in [0.25, 0.3) is 22.6 Å². The largest absolute Gasteiger partial charge is 0.418 e. The molecule has 0 unspecified atom stereocenters. The maximum Gasteiger partial charge on any atom is 0.418 e. The summed E-state index contributed by atoms with van der Waals surface area (Å²) in [6.45, 7) is 17.6. The number of benzene rings is 1. The molecule has 1 aromatic carbocycles. The summed E-state index contributed by atoms with van der Waals surface area (Å²) >= 11 is 0. The topological polar surface area (TPSA) is 80.1 Å². The minimum Gasteiger partial charge on any atom is -0.399 e. The minimum absolute atomic E-state index is 0.0386. The van der Waals surface area contributed by atoms with Crippen molar-refractivity contribution in [2.24, 2.45) is 11.3 Å². The Hall–Kier alpha value is -2.16. The molecule has 0 amide bonds. The Balaban J connectivity index is 1.58. The molecule has 5 rings (SSSR count). The van der Waals surface area contributed by atoms with Gasteiger partial charge in [0, 0.05) is 46.3 Å². The first-order chi connectivity index (χ1) is 19.0. The molecule has 0 aliphatic heterocycles. The predicted octanol–water partition coefficient (Wildman–Crippen LogP) is 7.25. The van der Waals surface area contributed by atoms with Crippen molar-refractivity contribution in [2.45, 2.75) is 97.2 Å². The first kappa shape index (κ1) is 30.3. The van der Waals surface area contributed by atoms with Gasteiger partial charge in [-0.25, -0.2) is 9.67 Å². The molecule has 1 saturated carbocycles. The van der Waals surface area contributed by atoms with E-state index in [1.165, 1.54) is 0 Å². The van der Waals surface area contributed by atoms with Crippen LogP contribution in [0.5, 0.6) is 0 Å². The van der Waals surface area contributed by atoms with Crippen LogP contribution < -0.4 is 5.73 Å². The predicted molar refractivity (Wildman–Crippen MR) is 162 cm³/mol. The van der Waals surface area contributed by atoms with Gasteiger partial charge in [-0.05, 0) is 54.8 Å². The van der Waals surface area contributed by atoms with Gasteiger partial charge in [0.1, 0.15) is 24.7 Å². The summed E-state index contributed by atoms with van der Waals surface area (Å²) in [6, 6.07) is 4.52. The SMILES string of the molecule is C[C@@]12Cc3c(c(-c4nc5c(C(F)(F)F)cc(N)cc5n4COCC[Si](C)(C)C)nn3COCC[Si](C)(C)C)C[C@@H]1C2. The highest BCUT2D eigenvalue weighted by Crippen LogP contribution is 2.60. The van der Waals surface area contributed by atoms with E-state index in [1.54, 1.807) is 10.6 Å². The third-order valence-corrected chi connectivity index (χ3v) is 12.0. The Morgan fingerprint density at radius 2 is 1.66 bits per heavy atom. The maximum atomic E-state index is 14.1. The molecule has 3 aromatic rings. The number of hydrogen-bond donors (Lipinski definition) is 1. The van der Waals surface area contributed by atoms with Gasteiger partial charge in [-0.3, -0.25) is 4.57 Å². The molecule has 0 spiro atoms. The van der Waals surface area contributed by atoms with E-state index in [4.69, 9.17) is 20.3 Å². The summed E-state index contributed by atoms with van der Waals surface area (Å²) in [7, 11) is -2.60. The van der Waals surface area contributed by atoms with Crippen LogP contribution >= 0.6 is 0 Å². The Labute approximate surface area is 242 Å². The molecule has 2 atom stereocenters. The molecule has 226 valence electrons. The highest BCUT2D eigenvalue weighted by Gasteiger charge is 2.54. The number of fused-ring (bicyclic) bond motifs is 3. The minimum atomic E-state index is -4.60. The van der Waals surface area contributed by atoms with Crippen molar-refractivity contribution >= 4 is 32.9 Å². The van der Waals surface area contributed by atoms with Crippen molar-refractivity contribution in [3.05, 3.63) is 29.0 Å². The summed E-state index contributed by atoms with van der Waals surface area (Å²) in [5, 5.41) is 4.98. The van der Waals surface area contributed by atoms with Gasteiger partial charge in [-0.1, -0.05) is 46.2 Å². The molecule has 7 nitrogen and oxygen atoms in total. The van der Waals surface area contributed by atoms with Crippen LogP contribution in [0.2, 0.25) is 51.4 Å². The van der Waals surface area contributed by atoms with E-state index in [9.17, 15) is 13.2 Å². The standard InChI is InChI=1S/C29H44F3N5O2Si2/c1-28-15-19(28)12-21-24(16-28)37(18-39-9-11-41(5,6)7)35-25(21)27-34-26-22(29(30,31)32)13-20(33)14-23(26)36(27)17-38-8-10-40(2,3)4/h13-14,19H,8-12,15-18,33H2,1-7H3/t19-,28-/m1/s1. The highest BCUT2D eigenvalue weighted by molar-refractivity contribution is 6.76. The van der Waals surface area contributed by atoms with Crippen LogP contribution in [-0.2, 0) is 42.0 Å². The molecular formula is C29H44F3N5O2Si2. The zero-order valence-electron chi connectivity index (χ0n) is 25.4. The third-order valence-electron chi connectivity index (χ3n) is 8.55. The van der Waals surface area contributed by atoms with Crippen LogP contribution in [0.1, 0.15) is 30.2 Å². The number of nitrogens with two attached hydrogens (primary N) is 1. The molecule has 0 saturated heterocycles. The molecule has 2 aliphatic rings. The number of halogens is 3. The number of hydrogen-bond acceptors (Lipinski definition) is 5. The van der Waals surface area contributed by atoms with Crippen molar-refractivity contribution in [1.29, 1.82) is 0 Å². The average molecular weight is 608 g/mol. The molecule has 12 heteroatoms. The first-order valence-electron chi connectivity index (χ1n) is 14.6. The normalized spacial score (nSPS) is 20.9. The number of ether oxygens (including phenoxy) is 2. The van der Waals surface area contributed by atoms with E-state index in [-0.39, 0.29) is 23.3 Å². The lowest BCUT2D eigenvalue weighted by Crippen LogP contribution is -2.23. The summed E-state index contributed by atoms with van der Waals surface area (Å²) in [4.78, 5) is 4.63. The Bertz CT molecular complexity index is 1440. The van der Waals surface area contributed by atoms with Crippen LogP contribution in [-0.4, -0.2) is 48.7 Å². The average Bonchev–Trinajstić information content (AvgIpc) is 3.19. The van der Waals surface area contributed by atoms with Crippen LogP contribution in [0.4, 0.5) is 18.9 Å². The van der Waals surface area contributed by atoms with Crippen molar-refractivity contribution in [1.82, 2.24) is 19.3 Å². The van der Waals surface area contributed by atoms with Gasteiger partial charge in [0.25, 0.3) is 0 Å². The van der Waals surface area contributed by atoms with E-state index >= 15 is 0 Å². The molecule has 0 radical (unpaired) electrons. The number of rotatable bonds is 11. The van der Waals surface area contributed by atoms with E-state index in [0.29, 0.717) is 42.9 Å². The zero-order chi connectivity index (χ0) is 30.0. The number of nitrogens with zero attached hydrogens (tertiary/aromatic N) is 4. The second-order valence-electron chi connectivity index (χ2n) is 14.7. The van der Waals surface area contributed by atoms with Gasteiger partial charge in [0.05, 0.1) is 11.1 Å². The summed E-state index contributed by atoms with van der Waals surface area (Å²) in [5.41, 5.74) is 8.42. The fourth-order valence-electron chi connectivity index (χ4n) is 5.74. The summed E-state index contributed by atoms with van der Waals surface area (Å²) in [6.07, 6.45) is -1.74. The van der Waals surface area contributed by atoms with Gasteiger partial charge in [-0.15, -0.1) is 0 Å². The fraction of sp³-hybridized carbons (Fsp3) is 0.655. The van der Waals surface area contributed by atoms with Crippen molar-refractivity contribution in [3.8, 4) is 11.5 Å². The molecule has 2 aromatic heterocycles. The molecule has 2 heterocycles.